The van der Waals surface area contributed by atoms with Crippen molar-refractivity contribution in [1.29, 1.82) is 0 Å². The highest BCUT2D eigenvalue weighted by Crippen LogP contribution is 2.37. The number of fused-ring (bicyclic) bond motifs is 1. The molecule has 0 unspecified atom stereocenters. The number of carbonyl (C=O) groups is 2. The summed E-state index contributed by atoms with van der Waals surface area (Å²) >= 11 is 0.928. The fourth-order valence-corrected chi connectivity index (χ4v) is 4.33. The maximum absolute atomic E-state index is 13.2. The van der Waals surface area contributed by atoms with Gasteiger partial charge in [0, 0.05) is 25.8 Å². The third-order valence-electron chi connectivity index (χ3n) is 5.12. The Labute approximate surface area is 189 Å². The third-order valence-corrected chi connectivity index (χ3v) is 6.02. The molecule has 0 saturated carbocycles. The first kappa shape index (κ1) is 22.0. The van der Waals surface area contributed by atoms with Gasteiger partial charge in [0.25, 0.3) is 11.1 Å². The molecule has 7 heteroatoms. The summed E-state index contributed by atoms with van der Waals surface area (Å²) in [6.45, 7) is 1.04. The number of imide groups is 1. The lowest BCUT2D eigenvalue weighted by molar-refractivity contribution is -0.122. The lowest BCUT2D eigenvalue weighted by Crippen LogP contribution is -2.29. The average molecular weight is 452 g/mol. The molecule has 1 fully saturated rings. The van der Waals surface area contributed by atoms with E-state index >= 15 is 0 Å². The van der Waals surface area contributed by atoms with Gasteiger partial charge in [-0.3, -0.25) is 14.5 Å². The highest BCUT2D eigenvalue weighted by Gasteiger charge is 2.34. The van der Waals surface area contributed by atoms with Crippen LogP contribution in [0.3, 0.4) is 0 Å². The van der Waals surface area contributed by atoms with Gasteiger partial charge >= 0.3 is 0 Å². The number of ether oxygens (including phenoxy) is 2. The third kappa shape index (κ3) is 4.84. The van der Waals surface area contributed by atoms with Gasteiger partial charge < -0.3 is 9.47 Å². The topological polar surface area (TPSA) is 55.8 Å². The van der Waals surface area contributed by atoms with Crippen molar-refractivity contribution in [2.24, 2.45) is 0 Å². The first-order valence-corrected chi connectivity index (χ1v) is 11.0. The van der Waals surface area contributed by atoms with Crippen molar-refractivity contribution in [3.8, 4) is 5.75 Å². The minimum Gasteiger partial charge on any atom is -0.488 e. The van der Waals surface area contributed by atoms with E-state index in [1.165, 1.54) is 17.0 Å². The molecule has 0 bridgehead atoms. The molecule has 5 nitrogen and oxygen atoms in total. The molecule has 4 rings (SSSR count). The van der Waals surface area contributed by atoms with Gasteiger partial charge in [0.05, 0.1) is 4.91 Å². The van der Waals surface area contributed by atoms with Crippen LogP contribution in [0.4, 0.5) is 9.18 Å². The summed E-state index contributed by atoms with van der Waals surface area (Å²) < 4.78 is 24.3. The van der Waals surface area contributed by atoms with Gasteiger partial charge in [-0.2, -0.15) is 0 Å². The SMILES string of the molecule is COCCCN1C(=O)S/C(=C/c2c(OCc3ccc(F)cc3)ccc3ccccc23)C1=O. The van der Waals surface area contributed by atoms with Crippen LogP contribution < -0.4 is 4.74 Å². The van der Waals surface area contributed by atoms with Crippen molar-refractivity contribution in [2.75, 3.05) is 20.3 Å². The Morgan fingerprint density at radius 2 is 1.81 bits per heavy atom. The highest BCUT2D eigenvalue weighted by atomic mass is 32.2. The summed E-state index contributed by atoms with van der Waals surface area (Å²) in [6.07, 6.45) is 2.31. The van der Waals surface area contributed by atoms with E-state index in [1.54, 1.807) is 25.3 Å². The van der Waals surface area contributed by atoms with Crippen LogP contribution in [0.5, 0.6) is 5.75 Å². The number of nitrogens with zero attached hydrogens (tertiary/aromatic N) is 1. The van der Waals surface area contributed by atoms with Crippen LogP contribution in [0.25, 0.3) is 16.8 Å². The van der Waals surface area contributed by atoms with Crippen LogP contribution in [0.2, 0.25) is 0 Å². The first-order valence-electron chi connectivity index (χ1n) is 10.2. The normalized spacial score (nSPS) is 15.2. The minimum absolute atomic E-state index is 0.248. The fourth-order valence-electron chi connectivity index (χ4n) is 3.48. The lowest BCUT2D eigenvalue weighted by Gasteiger charge is -2.13. The van der Waals surface area contributed by atoms with Crippen LogP contribution >= 0.6 is 11.8 Å². The highest BCUT2D eigenvalue weighted by molar-refractivity contribution is 8.18. The second-order valence-electron chi connectivity index (χ2n) is 7.29. The minimum atomic E-state index is -0.312. The molecule has 0 aromatic heterocycles. The predicted molar refractivity (Wildman–Crippen MR) is 124 cm³/mol. The Balaban J connectivity index is 1.65. The van der Waals surface area contributed by atoms with Crippen LogP contribution in [0.15, 0.2) is 65.6 Å². The zero-order valence-electron chi connectivity index (χ0n) is 17.5. The first-order chi connectivity index (χ1) is 15.6. The van der Waals surface area contributed by atoms with E-state index in [9.17, 15) is 14.0 Å². The molecular formula is C25H22FNO4S. The fraction of sp³-hybridized carbons (Fsp3) is 0.200. The molecular weight excluding hydrogens is 429 g/mol. The molecule has 1 aliphatic heterocycles. The van der Waals surface area contributed by atoms with E-state index in [-0.39, 0.29) is 23.6 Å². The maximum atomic E-state index is 13.2. The number of hydrogen-bond acceptors (Lipinski definition) is 5. The Morgan fingerprint density at radius 3 is 2.59 bits per heavy atom. The number of thioether (sulfide) groups is 1. The van der Waals surface area contributed by atoms with E-state index < -0.39 is 0 Å². The number of methoxy groups -OCH3 is 1. The molecule has 1 aliphatic rings. The summed E-state index contributed by atoms with van der Waals surface area (Å²) in [7, 11) is 1.59. The van der Waals surface area contributed by atoms with Crippen molar-refractivity contribution >= 4 is 39.8 Å². The number of halogens is 1. The lowest BCUT2D eigenvalue weighted by atomic mass is 10.0. The summed E-state index contributed by atoms with van der Waals surface area (Å²) in [5.41, 5.74) is 1.55. The number of amides is 2. The zero-order chi connectivity index (χ0) is 22.5. The van der Waals surface area contributed by atoms with E-state index in [0.717, 1.165) is 33.7 Å². The van der Waals surface area contributed by atoms with Crippen LogP contribution in [-0.4, -0.2) is 36.3 Å². The van der Waals surface area contributed by atoms with Crippen molar-refractivity contribution in [2.45, 2.75) is 13.0 Å². The Bertz CT molecular complexity index is 1180. The number of benzene rings is 3. The summed E-state index contributed by atoms with van der Waals surface area (Å²) in [5, 5.41) is 1.62. The van der Waals surface area contributed by atoms with Crippen LogP contribution in [0, 0.1) is 5.82 Å². The number of hydrogen-bond donors (Lipinski definition) is 0. The average Bonchev–Trinajstić information content (AvgIpc) is 3.07. The number of rotatable bonds is 8. The molecule has 0 radical (unpaired) electrons. The quantitative estimate of drug-likeness (QED) is 0.328. The van der Waals surface area contributed by atoms with E-state index in [4.69, 9.17) is 9.47 Å². The molecule has 0 atom stereocenters. The van der Waals surface area contributed by atoms with Gasteiger partial charge in [-0.25, -0.2) is 4.39 Å². The molecule has 3 aromatic carbocycles. The summed E-state index contributed by atoms with van der Waals surface area (Å²) in [5.74, 6) is -0.0332. The molecule has 1 saturated heterocycles. The Hall–Kier alpha value is -3.16. The summed E-state index contributed by atoms with van der Waals surface area (Å²) in [4.78, 5) is 26.9. The smallest absolute Gasteiger partial charge is 0.293 e. The molecule has 2 amide bonds. The van der Waals surface area contributed by atoms with Crippen molar-refractivity contribution in [3.63, 3.8) is 0 Å². The maximum Gasteiger partial charge on any atom is 0.293 e. The predicted octanol–water partition coefficient (Wildman–Crippen LogP) is 5.63. The van der Waals surface area contributed by atoms with Crippen molar-refractivity contribution in [1.82, 2.24) is 4.90 Å². The molecule has 32 heavy (non-hydrogen) atoms. The number of carbonyl (C=O) groups excluding carboxylic acids is 2. The van der Waals surface area contributed by atoms with Gasteiger partial charge in [0.2, 0.25) is 0 Å². The largest absolute Gasteiger partial charge is 0.488 e. The molecule has 0 N–H and O–H groups in total. The van der Waals surface area contributed by atoms with Gasteiger partial charge in [0.15, 0.2) is 0 Å². The molecule has 0 aliphatic carbocycles. The van der Waals surface area contributed by atoms with Gasteiger partial charge in [-0.05, 0) is 58.8 Å². The van der Waals surface area contributed by atoms with Gasteiger partial charge in [0.1, 0.15) is 18.2 Å². The Morgan fingerprint density at radius 1 is 1.03 bits per heavy atom. The zero-order valence-corrected chi connectivity index (χ0v) is 18.4. The van der Waals surface area contributed by atoms with E-state index in [0.29, 0.717) is 30.2 Å². The van der Waals surface area contributed by atoms with Crippen molar-refractivity contribution < 1.29 is 23.5 Å². The van der Waals surface area contributed by atoms with E-state index in [1.807, 2.05) is 36.4 Å². The summed E-state index contributed by atoms with van der Waals surface area (Å²) in [6, 6.07) is 17.7. The second-order valence-corrected chi connectivity index (χ2v) is 8.29. The molecule has 1 heterocycles. The monoisotopic (exact) mass is 451 g/mol. The van der Waals surface area contributed by atoms with Crippen LogP contribution in [0.1, 0.15) is 17.5 Å². The van der Waals surface area contributed by atoms with E-state index in [2.05, 4.69) is 0 Å². The standard InChI is InChI=1S/C25H22FNO4S/c1-30-14-4-13-27-24(28)23(32-25(27)29)15-21-20-6-3-2-5-18(20)9-12-22(21)31-16-17-7-10-19(26)11-8-17/h2-3,5-12,15H,4,13-14,16H2,1H3/b23-15+. The van der Waals surface area contributed by atoms with Crippen LogP contribution in [-0.2, 0) is 16.1 Å². The molecule has 0 spiro atoms. The Kier molecular flexibility index (Phi) is 6.87. The second kappa shape index (κ2) is 9.97. The van der Waals surface area contributed by atoms with Gasteiger partial charge in [-0.15, -0.1) is 0 Å². The molecule has 164 valence electrons. The molecule has 3 aromatic rings. The van der Waals surface area contributed by atoms with Crippen molar-refractivity contribution in [3.05, 3.63) is 82.5 Å². The van der Waals surface area contributed by atoms with Gasteiger partial charge in [-0.1, -0.05) is 42.5 Å².